The molecule has 18 heavy (non-hydrogen) atoms. The van der Waals surface area contributed by atoms with Crippen LogP contribution in [0.1, 0.15) is 5.56 Å². The van der Waals surface area contributed by atoms with E-state index in [-0.39, 0.29) is 6.54 Å². The van der Waals surface area contributed by atoms with Crippen molar-refractivity contribution in [1.82, 2.24) is 0 Å². The van der Waals surface area contributed by atoms with Gasteiger partial charge in [-0.25, -0.2) is 8.78 Å². The minimum Gasteiger partial charge on any atom is -0.368 e. The van der Waals surface area contributed by atoms with Crippen LogP contribution in [0.15, 0.2) is 36.4 Å². The molecule has 2 rings (SSSR count). The van der Waals surface area contributed by atoms with Crippen molar-refractivity contribution in [2.45, 2.75) is 13.0 Å². The van der Waals surface area contributed by atoms with Crippen molar-refractivity contribution >= 4 is 16.5 Å². The average Bonchev–Trinajstić information content (AvgIpc) is 2.36. The number of rotatable bonds is 4. The van der Waals surface area contributed by atoms with Gasteiger partial charge in [-0.1, -0.05) is 30.3 Å². The monoisotopic (exact) mass is 250 g/mol. The van der Waals surface area contributed by atoms with Gasteiger partial charge in [0.1, 0.15) is 0 Å². The molecule has 2 nitrogen and oxygen atoms in total. The minimum atomic E-state index is -2.34. The maximum atomic E-state index is 12.5. The highest BCUT2D eigenvalue weighted by Gasteiger charge is 2.12. The van der Waals surface area contributed by atoms with Gasteiger partial charge in [-0.15, -0.1) is 0 Å². The molecule has 0 unspecified atom stereocenters. The second kappa shape index (κ2) is 5.31. The van der Waals surface area contributed by atoms with E-state index in [4.69, 9.17) is 5.73 Å². The number of anilines is 1. The summed E-state index contributed by atoms with van der Waals surface area (Å²) < 4.78 is 24.9. The summed E-state index contributed by atoms with van der Waals surface area (Å²) in [6.07, 6.45) is -2.34. The molecule has 2 N–H and O–H groups in total. The predicted octanol–water partition coefficient (Wildman–Crippen LogP) is 3.00. The molecule has 0 aromatic heterocycles. The first kappa shape index (κ1) is 12.8. The molecule has 0 radical (unpaired) electrons. The number of nitrogens with two attached hydrogens (primary N) is 1. The van der Waals surface area contributed by atoms with Crippen LogP contribution in [0.4, 0.5) is 14.5 Å². The van der Waals surface area contributed by atoms with Gasteiger partial charge in [0.2, 0.25) is 0 Å². The molecule has 0 amide bonds. The van der Waals surface area contributed by atoms with Crippen LogP contribution in [0, 0.1) is 0 Å². The van der Waals surface area contributed by atoms with Crippen molar-refractivity contribution in [2.75, 3.05) is 18.5 Å². The normalized spacial score (nSPS) is 11.2. The smallest absolute Gasteiger partial charge is 0.255 e. The third-order valence-electron chi connectivity index (χ3n) is 3.03. The third kappa shape index (κ3) is 2.43. The molecule has 0 aliphatic heterocycles. The van der Waals surface area contributed by atoms with Crippen LogP contribution in [-0.2, 0) is 6.54 Å². The minimum absolute atomic E-state index is 0.272. The van der Waals surface area contributed by atoms with Crippen LogP contribution >= 0.6 is 0 Å². The maximum Gasteiger partial charge on any atom is 0.255 e. The number of alkyl halides is 2. The Morgan fingerprint density at radius 1 is 1.11 bits per heavy atom. The van der Waals surface area contributed by atoms with E-state index in [1.165, 1.54) is 0 Å². The standard InChI is InChI=1S/C14H16F2N2/c1-18(9-14(15)16)13-7-6-10(8-17)11-4-2-3-5-12(11)13/h2-7,14H,8-9,17H2,1H3. The number of nitrogens with zero attached hydrogens (tertiary/aromatic N) is 1. The number of hydrogen-bond acceptors (Lipinski definition) is 2. The lowest BCUT2D eigenvalue weighted by Gasteiger charge is -2.21. The Kier molecular flexibility index (Phi) is 3.77. The maximum absolute atomic E-state index is 12.5. The summed E-state index contributed by atoms with van der Waals surface area (Å²) >= 11 is 0. The van der Waals surface area contributed by atoms with Gasteiger partial charge in [0.25, 0.3) is 6.43 Å². The molecule has 0 bridgehead atoms. The summed E-state index contributed by atoms with van der Waals surface area (Å²) in [5.74, 6) is 0. The molecule has 96 valence electrons. The zero-order valence-electron chi connectivity index (χ0n) is 10.2. The molecule has 0 fully saturated rings. The summed E-state index contributed by atoms with van der Waals surface area (Å²) in [6, 6.07) is 11.5. The summed E-state index contributed by atoms with van der Waals surface area (Å²) in [5.41, 5.74) is 7.53. The van der Waals surface area contributed by atoms with Gasteiger partial charge in [-0.3, -0.25) is 0 Å². The lowest BCUT2D eigenvalue weighted by molar-refractivity contribution is 0.156. The van der Waals surface area contributed by atoms with Crippen molar-refractivity contribution < 1.29 is 8.78 Å². The second-order valence-corrected chi connectivity index (χ2v) is 4.27. The van der Waals surface area contributed by atoms with E-state index >= 15 is 0 Å². The lowest BCUT2D eigenvalue weighted by Crippen LogP contribution is -2.24. The Morgan fingerprint density at radius 2 is 1.78 bits per heavy atom. The van der Waals surface area contributed by atoms with E-state index in [2.05, 4.69) is 0 Å². The van der Waals surface area contributed by atoms with Gasteiger partial charge in [0, 0.05) is 24.7 Å². The number of benzene rings is 2. The van der Waals surface area contributed by atoms with Crippen molar-refractivity contribution in [2.24, 2.45) is 5.73 Å². The quantitative estimate of drug-likeness (QED) is 0.903. The van der Waals surface area contributed by atoms with Gasteiger partial charge in [0.15, 0.2) is 0 Å². The molecular formula is C14H16F2N2. The molecule has 0 aliphatic rings. The molecule has 0 heterocycles. The van der Waals surface area contributed by atoms with Gasteiger partial charge in [-0.05, 0) is 17.0 Å². The van der Waals surface area contributed by atoms with Crippen molar-refractivity contribution in [1.29, 1.82) is 0 Å². The zero-order chi connectivity index (χ0) is 13.1. The van der Waals surface area contributed by atoms with E-state index in [0.717, 1.165) is 22.0 Å². The first-order chi connectivity index (χ1) is 8.63. The molecule has 0 aliphatic carbocycles. The molecule has 0 saturated carbocycles. The second-order valence-electron chi connectivity index (χ2n) is 4.27. The van der Waals surface area contributed by atoms with E-state index in [1.807, 2.05) is 36.4 Å². The highest BCUT2D eigenvalue weighted by Crippen LogP contribution is 2.29. The zero-order valence-corrected chi connectivity index (χ0v) is 10.2. The van der Waals surface area contributed by atoms with E-state index in [9.17, 15) is 8.78 Å². The van der Waals surface area contributed by atoms with Crippen molar-refractivity contribution in [3.05, 3.63) is 42.0 Å². The van der Waals surface area contributed by atoms with Crippen LogP contribution in [0.5, 0.6) is 0 Å². The van der Waals surface area contributed by atoms with Crippen LogP contribution in [-0.4, -0.2) is 20.0 Å². The molecule has 0 spiro atoms. The van der Waals surface area contributed by atoms with Gasteiger partial charge in [0.05, 0.1) is 6.54 Å². The highest BCUT2D eigenvalue weighted by molar-refractivity contribution is 5.96. The first-order valence-electron chi connectivity index (χ1n) is 5.83. The molecular weight excluding hydrogens is 234 g/mol. The third-order valence-corrected chi connectivity index (χ3v) is 3.03. The van der Waals surface area contributed by atoms with Crippen molar-refractivity contribution in [3.8, 4) is 0 Å². The molecule has 4 heteroatoms. The van der Waals surface area contributed by atoms with Crippen molar-refractivity contribution in [3.63, 3.8) is 0 Å². The Morgan fingerprint density at radius 3 is 2.39 bits per heavy atom. The summed E-state index contributed by atoms with van der Waals surface area (Å²) in [5, 5.41) is 1.99. The van der Waals surface area contributed by atoms with Crippen LogP contribution in [0.2, 0.25) is 0 Å². The highest BCUT2D eigenvalue weighted by atomic mass is 19.3. The van der Waals surface area contributed by atoms with Crippen LogP contribution in [0.25, 0.3) is 10.8 Å². The summed E-state index contributed by atoms with van der Waals surface area (Å²) in [4.78, 5) is 1.58. The summed E-state index contributed by atoms with van der Waals surface area (Å²) in [6.45, 7) is 0.172. The summed E-state index contributed by atoms with van der Waals surface area (Å²) in [7, 11) is 1.68. The van der Waals surface area contributed by atoms with Crippen LogP contribution in [0.3, 0.4) is 0 Å². The van der Waals surface area contributed by atoms with Gasteiger partial charge >= 0.3 is 0 Å². The Balaban J connectivity index is 2.52. The van der Waals surface area contributed by atoms with E-state index in [0.29, 0.717) is 6.54 Å². The fourth-order valence-corrected chi connectivity index (χ4v) is 2.16. The SMILES string of the molecule is CN(CC(F)F)c1ccc(CN)c2ccccc12. The molecule has 0 atom stereocenters. The van der Waals surface area contributed by atoms with Crippen LogP contribution < -0.4 is 10.6 Å². The van der Waals surface area contributed by atoms with E-state index < -0.39 is 6.43 Å². The number of hydrogen-bond donors (Lipinski definition) is 1. The van der Waals surface area contributed by atoms with Gasteiger partial charge in [-0.2, -0.15) is 0 Å². The fourth-order valence-electron chi connectivity index (χ4n) is 2.16. The average molecular weight is 250 g/mol. The molecule has 2 aromatic rings. The fraction of sp³-hybridized carbons (Fsp3) is 0.286. The Hall–Kier alpha value is -1.68. The topological polar surface area (TPSA) is 29.3 Å². The van der Waals surface area contributed by atoms with Gasteiger partial charge < -0.3 is 10.6 Å². The lowest BCUT2D eigenvalue weighted by atomic mass is 10.0. The Labute approximate surface area is 105 Å². The number of halogens is 2. The Bertz CT molecular complexity index is 540. The van der Waals surface area contributed by atoms with E-state index in [1.54, 1.807) is 11.9 Å². The predicted molar refractivity (Wildman–Crippen MR) is 71.1 cm³/mol. The number of fused-ring (bicyclic) bond motifs is 1. The first-order valence-corrected chi connectivity index (χ1v) is 5.83. The molecule has 2 aromatic carbocycles. The largest absolute Gasteiger partial charge is 0.368 e. The molecule has 0 saturated heterocycles.